The van der Waals surface area contributed by atoms with E-state index in [1.54, 1.807) is 11.8 Å². The lowest BCUT2D eigenvalue weighted by atomic mass is 9.94. The standard InChI is InChI=1S/C21H36N6O4/c1-14-16(27(29)30)17(24-18(23-14)25-20(2,3)4)22-11-8-15-9-12-26(13-10-15)19(28)31-21(5,6)7/h15H,8-13H2,1-7H3,(H2,22,23,24,25). The summed E-state index contributed by atoms with van der Waals surface area (Å²) in [6.45, 7) is 15.0. The van der Waals surface area contributed by atoms with E-state index >= 15 is 0 Å². The highest BCUT2D eigenvalue weighted by atomic mass is 16.6. The summed E-state index contributed by atoms with van der Waals surface area (Å²) in [5.41, 5.74) is -0.538. The van der Waals surface area contributed by atoms with Crippen LogP contribution in [0.2, 0.25) is 0 Å². The second-order valence-electron chi connectivity index (χ2n) is 10.1. The van der Waals surface area contributed by atoms with Crippen LogP contribution >= 0.6 is 0 Å². The molecule has 1 fully saturated rings. The van der Waals surface area contributed by atoms with E-state index in [4.69, 9.17) is 4.74 Å². The number of rotatable bonds is 6. The number of carbonyl (C=O) groups is 1. The van der Waals surface area contributed by atoms with Gasteiger partial charge in [0.2, 0.25) is 11.8 Å². The van der Waals surface area contributed by atoms with Crippen LogP contribution in [0.1, 0.15) is 66.5 Å². The molecular formula is C21H36N6O4. The molecular weight excluding hydrogens is 400 g/mol. The fraction of sp³-hybridized carbons (Fsp3) is 0.762. The Hall–Kier alpha value is -2.65. The average molecular weight is 437 g/mol. The topological polar surface area (TPSA) is 123 Å². The summed E-state index contributed by atoms with van der Waals surface area (Å²) < 4.78 is 5.43. The summed E-state index contributed by atoms with van der Waals surface area (Å²) in [6, 6.07) is 0. The predicted molar refractivity (Wildman–Crippen MR) is 120 cm³/mol. The molecule has 0 bridgehead atoms. The van der Waals surface area contributed by atoms with E-state index in [9.17, 15) is 14.9 Å². The number of aryl methyl sites for hydroxylation is 1. The molecule has 0 unspecified atom stereocenters. The Morgan fingerprint density at radius 3 is 2.32 bits per heavy atom. The second-order valence-corrected chi connectivity index (χ2v) is 10.1. The zero-order valence-electron chi connectivity index (χ0n) is 19.7. The fourth-order valence-electron chi connectivity index (χ4n) is 3.43. The summed E-state index contributed by atoms with van der Waals surface area (Å²) in [4.78, 5) is 33.6. The van der Waals surface area contributed by atoms with E-state index in [1.165, 1.54) is 0 Å². The molecule has 1 saturated heterocycles. The molecule has 1 aliphatic heterocycles. The molecule has 1 aromatic rings. The number of hydrogen-bond donors (Lipinski definition) is 2. The summed E-state index contributed by atoms with van der Waals surface area (Å²) in [7, 11) is 0. The van der Waals surface area contributed by atoms with Gasteiger partial charge in [-0.1, -0.05) is 0 Å². The number of likely N-dealkylation sites (tertiary alicyclic amines) is 1. The van der Waals surface area contributed by atoms with Gasteiger partial charge in [-0.3, -0.25) is 10.1 Å². The SMILES string of the molecule is Cc1nc(NC(C)(C)C)nc(NCCC2CCN(C(=O)OC(C)(C)C)CC2)c1[N+](=O)[O-]. The Kier molecular flexibility index (Phi) is 7.67. The van der Waals surface area contributed by atoms with Crippen LogP contribution in [0.5, 0.6) is 0 Å². The van der Waals surface area contributed by atoms with Crippen LogP contribution in [0.3, 0.4) is 0 Å². The molecule has 31 heavy (non-hydrogen) atoms. The summed E-state index contributed by atoms with van der Waals surface area (Å²) >= 11 is 0. The first-order chi connectivity index (χ1) is 14.2. The third-order valence-electron chi connectivity index (χ3n) is 4.84. The van der Waals surface area contributed by atoms with Crippen molar-refractivity contribution in [3.8, 4) is 0 Å². The molecule has 0 aromatic carbocycles. The summed E-state index contributed by atoms with van der Waals surface area (Å²) in [6.07, 6.45) is 2.32. The lowest BCUT2D eigenvalue weighted by Gasteiger charge is -2.33. The van der Waals surface area contributed by atoms with Gasteiger partial charge in [-0.15, -0.1) is 0 Å². The van der Waals surface area contributed by atoms with Crippen molar-refractivity contribution in [1.82, 2.24) is 14.9 Å². The van der Waals surface area contributed by atoms with Crippen molar-refractivity contribution < 1.29 is 14.5 Å². The van der Waals surface area contributed by atoms with E-state index in [2.05, 4.69) is 20.6 Å². The molecule has 1 amide bonds. The van der Waals surface area contributed by atoms with Crippen molar-refractivity contribution in [2.45, 2.75) is 78.9 Å². The molecule has 10 heteroatoms. The predicted octanol–water partition coefficient (Wildman–Crippen LogP) is 4.35. The van der Waals surface area contributed by atoms with Gasteiger partial charge in [0.05, 0.1) is 4.92 Å². The molecule has 0 atom stereocenters. The molecule has 0 radical (unpaired) electrons. The maximum atomic E-state index is 12.2. The van der Waals surface area contributed by atoms with Gasteiger partial charge in [-0.05, 0) is 73.6 Å². The second kappa shape index (κ2) is 9.65. The highest BCUT2D eigenvalue weighted by molar-refractivity contribution is 5.68. The van der Waals surface area contributed by atoms with Crippen LogP contribution in [0, 0.1) is 23.0 Å². The van der Waals surface area contributed by atoms with Crippen LogP contribution in [0.4, 0.5) is 22.2 Å². The third kappa shape index (κ3) is 7.84. The van der Waals surface area contributed by atoms with Gasteiger partial charge >= 0.3 is 11.8 Å². The molecule has 0 aliphatic carbocycles. The monoisotopic (exact) mass is 436 g/mol. The third-order valence-corrected chi connectivity index (χ3v) is 4.84. The number of aromatic nitrogens is 2. The van der Waals surface area contributed by atoms with E-state index in [0.29, 0.717) is 37.2 Å². The van der Waals surface area contributed by atoms with Crippen LogP contribution in [-0.4, -0.2) is 56.7 Å². The van der Waals surface area contributed by atoms with E-state index in [1.807, 2.05) is 41.5 Å². The highest BCUT2D eigenvalue weighted by Crippen LogP contribution is 2.28. The van der Waals surface area contributed by atoms with Crippen molar-refractivity contribution in [3.05, 3.63) is 15.8 Å². The average Bonchev–Trinajstić information content (AvgIpc) is 2.58. The van der Waals surface area contributed by atoms with Crippen LogP contribution in [0.25, 0.3) is 0 Å². The van der Waals surface area contributed by atoms with Crippen molar-refractivity contribution in [2.75, 3.05) is 30.3 Å². The Balaban J connectivity index is 1.93. The maximum Gasteiger partial charge on any atom is 0.410 e. The number of nitro groups is 1. The minimum absolute atomic E-state index is 0.0980. The molecule has 2 heterocycles. The van der Waals surface area contributed by atoms with Gasteiger partial charge in [-0.25, -0.2) is 9.78 Å². The molecule has 1 aromatic heterocycles. The van der Waals surface area contributed by atoms with E-state index in [-0.39, 0.29) is 23.1 Å². The van der Waals surface area contributed by atoms with E-state index < -0.39 is 10.5 Å². The number of nitrogens with zero attached hydrogens (tertiary/aromatic N) is 4. The van der Waals surface area contributed by atoms with Crippen LogP contribution < -0.4 is 10.6 Å². The molecule has 0 spiro atoms. The lowest BCUT2D eigenvalue weighted by molar-refractivity contribution is -0.385. The number of amides is 1. The number of nitrogens with one attached hydrogen (secondary N) is 2. The number of hydrogen-bond acceptors (Lipinski definition) is 8. The number of anilines is 2. The van der Waals surface area contributed by atoms with Crippen molar-refractivity contribution >= 4 is 23.5 Å². The molecule has 1 aliphatic rings. The minimum Gasteiger partial charge on any atom is -0.444 e. The normalized spacial score (nSPS) is 15.5. The van der Waals surface area contributed by atoms with Gasteiger partial charge in [0, 0.05) is 25.2 Å². The Morgan fingerprint density at radius 2 is 1.81 bits per heavy atom. The van der Waals surface area contributed by atoms with Gasteiger partial charge in [-0.2, -0.15) is 4.98 Å². The first-order valence-corrected chi connectivity index (χ1v) is 10.8. The zero-order valence-corrected chi connectivity index (χ0v) is 19.7. The lowest BCUT2D eigenvalue weighted by Crippen LogP contribution is -2.41. The first-order valence-electron chi connectivity index (χ1n) is 10.8. The highest BCUT2D eigenvalue weighted by Gasteiger charge is 2.27. The molecule has 10 nitrogen and oxygen atoms in total. The van der Waals surface area contributed by atoms with Crippen LogP contribution in [0.15, 0.2) is 0 Å². The van der Waals surface area contributed by atoms with Gasteiger partial charge < -0.3 is 20.3 Å². The number of ether oxygens (including phenoxy) is 1. The van der Waals surface area contributed by atoms with Gasteiger partial charge in [0.15, 0.2) is 0 Å². The fourth-order valence-corrected chi connectivity index (χ4v) is 3.43. The Morgan fingerprint density at radius 1 is 1.19 bits per heavy atom. The van der Waals surface area contributed by atoms with Crippen LogP contribution in [-0.2, 0) is 4.74 Å². The van der Waals surface area contributed by atoms with Gasteiger partial charge in [0.25, 0.3) is 0 Å². The summed E-state index contributed by atoms with van der Waals surface area (Å²) in [5.74, 6) is 1.03. The maximum absolute atomic E-state index is 12.2. The molecule has 2 N–H and O–H groups in total. The largest absolute Gasteiger partial charge is 0.444 e. The smallest absolute Gasteiger partial charge is 0.410 e. The molecule has 2 rings (SSSR count). The van der Waals surface area contributed by atoms with E-state index in [0.717, 1.165) is 19.3 Å². The Labute approximate surface area is 184 Å². The first kappa shape index (κ1) is 24.6. The Bertz CT molecular complexity index is 792. The minimum atomic E-state index is -0.497. The van der Waals surface area contributed by atoms with Crippen molar-refractivity contribution in [3.63, 3.8) is 0 Å². The zero-order chi connectivity index (χ0) is 23.4. The quantitative estimate of drug-likeness (QED) is 0.498. The van der Waals surface area contributed by atoms with Crippen molar-refractivity contribution in [1.29, 1.82) is 0 Å². The number of carbonyl (C=O) groups excluding carboxylic acids is 1. The molecule has 174 valence electrons. The summed E-state index contributed by atoms with van der Waals surface area (Å²) in [5, 5.41) is 17.8. The van der Waals surface area contributed by atoms with Gasteiger partial charge in [0.1, 0.15) is 11.3 Å². The molecule has 0 saturated carbocycles. The van der Waals surface area contributed by atoms with Crippen molar-refractivity contribution in [2.24, 2.45) is 5.92 Å². The number of piperidine rings is 1.